The second-order valence-electron chi connectivity index (χ2n) is 6.25. The molecule has 6 nitrogen and oxygen atoms in total. The van der Waals surface area contributed by atoms with Crippen molar-refractivity contribution in [3.8, 4) is 0 Å². The summed E-state index contributed by atoms with van der Waals surface area (Å²) in [6, 6.07) is 5.04. The van der Waals surface area contributed by atoms with Crippen LogP contribution in [0.2, 0.25) is 0 Å². The molecule has 2 fully saturated rings. The summed E-state index contributed by atoms with van der Waals surface area (Å²) < 4.78 is 5.63. The normalized spacial score (nSPS) is 25.9. The maximum Gasteiger partial charge on any atom is 0.317 e. The zero-order valence-corrected chi connectivity index (χ0v) is 13.9. The predicted molar refractivity (Wildman–Crippen MR) is 88.1 cm³/mol. The molecule has 3 rings (SSSR count). The minimum Gasteiger partial charge on any atom is -0.378 e. The monoisotopic (exact) mass is 318 g/mol. The van der Waals surface area contributed by atoms with E-state index in [-0.39, 0.29) is 12.1 Å². The lowest BCUT2D eigenvalue weighted by Gasteiger charge is -2.53. The number of carbonyl (C=O) groups is 1. The van der Waals surface area contributed by atoms with Gasteiger partial charge in [0.1, 0.15) is 0 Å². The molecule has 0 aliphatic carbocycles. The fourth-order valence-corrected chi connectivity index (χ4v) is 3.71. The third-order valence-corrected chi connectivity index (χ3v) is 5.00. The number of nitrogens with one attached hydrogen (secondary N) is 1. The third-order valence-electron chi connectivity index (χ3n) is 5.00. The first kappa shape index (κ1) is 16.2. The summed E-state index contributed by atoms with van der Waals surface area (Å²) in [4.78, 5) is 20.5. The van der Waals surface area contributed by atoms with Gasteiger partial charge in [-0.2, -0.15) is 0 Å². The molecule has 1 N–H and O–H groups in total. The first-order valence-electron chi connectivity index (χ1n) is 8.45. The summed E-state index contributed by atoms with van der Waals surface area (Å²) in [7, 11) is 1.79. The molecule has 6 heteroatoms. The van der Waals surface area contributed by atoms with E-state index in [1.54, 1.807) is 7.11 Å². The van der Waals surface area contributed by atoms with Gasteiger partial charge >= 0.3 is 6.03 Å². The molecule has 0 radical (unpaired) electrons. The van der Waals surface area contributed by atoms with Crippen molar-refractivity contribution >= 4 is 6.03 Å². The number of hydrogen-bond acceptors (Lipinski definition) is 4. The van der Waals surface area contributed by atoms with E-state index in [0.29, 0.717) is 18.6 Å². The molecule has 2 amide bonds. The van der Waals surface area contributed by atoms with Gasteiger partial charge in [-0.1, -0.05) is 0 Å². The Morgan fingerprint density at radius 2 is 2.04 bits per heavy atom. The second kappa shape index (κ2) is 7.27. The van der Waals surface area contributed by atoms with Crippen molar-refractivity contribution in [3.05, 3.63) is 30.1 Å². The molecule has 2 aliphatic heterocycles. The number of amides is 2. The van der Waals surface area contributed by atoms with E-state index in [0.717, 1.165) is 32.5 Å². The van der Waals surface area contributed by atoms with Crippen molar-refractivity contribution in [1.29, 1.82) is 0 Å². The molecule has 0 spiro atoms. The van der Waals surface area contributed by atoms with Crippen molar-refractivity contribution < 1.29 is 9.53 Å². The number of ether oxygens (including phenoxy) is 1. The van der Waals surface area contributed by atoms with Crippen molar-refractivity contribution in [2.75, 3.05) is 33.3 Å². The number of likely N-dealkylation sites (tertiary alicyclic amines) is 2. The summed E-state index contributed by atoms with van der Waals surface area (Å²) in [6.45, 7) is 5.26. The van der Waals surface area contributed by atoms with E-state index >= 15 is 0 Å². The number of pyridine rings is 1. The van der Waals surface area contributed by atoms with Crippen LogP contribution in [0.3, 0.4) is 0 Å². The number of nitrogens with zero attached hydrogens (tertiary/aromatic N) is 3. The lowest BCUT2D eigenvalue weighted by Crippen LogP contribution is -2.60. The van der Waals surface area contributed by atoms with Crippen LogP contribution in [0.25, 0.3) is 0 Å². The number of urea groups is 1. The molecule has 2 saturated heterocycles. The summed E-state index contributed by atoms with van der Waals surface area (Å²) in [5, 5.41) is 2.88. The van der Waals surface area contributed by atoms with E-state index in [1.807, 2.05) is 24.2 Å². The highest BCUT2D eigenvalue weighted by atomic mass is 16.5. The standard InChI is InChI=1S/C17H26N4O2/c1-3-19-17(22)20-10-6-14(7-11-20)21-12-15(23-2)16(21)13-4-8-18-9-5-13/h4-5,8-9,14-16H,3,6-7,10-12H2,1-2H3,(H,19,22)/t15-,16-/m0/s1. The van der Waals surface area contributed by atoms with E-state index in [1.165, 1.54) is 5.56 Å². The maximum atomic E-state index is 11.9. The van der Waals surface area contributed by atoms with Crippen LogP contribution in [0.5, 0.6) is 0 Å². The molecule has 2 atom stereocenters. The Morgan fingerprint density at radius 1 is 1.35 bits per heavy atom. The van der Waals surface area contributed by atoms with Crippen molar-refractivity contribution in [1.82, 2.24) is 20.1 Å². The van der Waals surface area contributed by atoms with Crippen molar-refractivity contribution in [2.45, 2.75) is 38.0 Å². The first-order valence-corrected chi connectivity index (χ1v) is 8.45. The quantitative estimate of drug-likeness (QED) is 0.917. The molecule has 0 unspecified atom stereocenters. The molecule has 1 aromatic heterocycles. The second-order valence-corrected chi connectivity index (χ2v) is 6.25. The van der Waals surface area contributed by atoms with Crippen LogP contribution in [-0.4, -0.2) is 66.2 Å². The Morgan fingerprint density at radius 3 is 2.65 bits per heavy atom. The molecule has 2 aliphatic rings. The molecule has 0 bridgehead atoms. The SMILES string of the molecule is CCNC(=O)N1CCC(N2C[C@H](OC)[C@@H]2c2ccncc2)CC1. The highest BCUT2D eigenvalue weighted by Gasteiger charge is 2.44. The van der Waals surface area contributed by atoms with Gasteiger partial charge in [0, 0.05) is 51.7 Å². The molecular weight excluding hydrogens is 292 g/mol. The summed E-state index contributed by atoms with van der Waals surface area (Å²) >= 11 is 0. The van der Waals surface area contributed by atoms with Gasteiger partial charge in [0.15, 0.2) is 0 Å². The van der Waals surface area contributed by atoms with Crippen LogP contribution < -0.4 is 5.32 Å². The van der Waals surface area contributed by atoms with E-state index in [4.69, 9.17) is 4.74 Å². The van der Waals surface area contributed by atoms with E-state index in [9.17, 15) is 4.79 Å². The Hall–Kier alpha value is -1.66. The molecule has 0 saturated carbocycles. The van der Waals surface area contributed by atoms with Gasteiger partial charge in [-0.15, -0.1) is 0 Å². The van der Waals surface area contributed by atoms with Crippen molar-refractivity contribution in [3.63, 3.8) is 0 Å². The number of piperidine rings is 1. The summed E-state index contributed by atoms with van der Waals surface area (Å²) in [6.07, 6.45) is 5.98. The largest absolute Gasteiger partial charge is 0.378 e. The van der Waals surface area contributed by atoms with E-state index in [2.05, 4.69) is 27.3 Å². The average Bonchev–Trinajstić information content (AvgIpc) is 2.56. The minimum atomic E-state index is 0.0648. The maximum absolute atomic E-state index is 11.9. The summed E-state index contributed by atoms with van der Waals surface area (Å²) in [5.41, 5.74) is 1.27. The Labute approximate surface area is 137 Å². The topological polar surface area (TPSA) is 57.7 Å². The van der Waals surface area contributed by atoms with Gasteiger partial charge in [-0.05, 0) is 37.5 Å². The smallest absolute Gasteiger partial charge is 0.317 e. The Bertz CT molecular complexity index is 517. The molecule has 1 aromatic rings. The molecule has 3 heterocycles. The zero-order chi connectivity index (χ0) is 16.2. The lowest BCUT2D eigenvalue weighted by molar-refractivity contribution is -0.115. The van der Waals surface area contributed by atoms with Gasteiger partial charge in [0.05, 0.1) is 12.1 Å². The zero-order valence-electron chi connectivity index (χ0n) is 13.9. The van der Waals surface area contributed by atoms with Crippen LogP contribution in [0.1, 0.15) is 31.4 Å². The number of rotatable bonds is 4. The lowest BCUT2D eigenvalue weighted by atomic mass is 9.87. The van der Waals surface area contributed by atoms with Crippen molar-refractivity contribution in [2.24, 2.45) is 0 Å². The Balaban J connectivity index is 1.61. The number of carbonyl (C=O) groups excluding carboxylic acids is 1. The van der Waals surface area contributed by atoms with Crippen LogP contribution in [0.4, 0.5) is 4.79 Å². The number of hydrogen-bond donors (Lipinski definition) is 1. The van der Waals surface area contributed by atoms with Gasteiger partial charge in [0.25, 0.3) is 0 Å². The van der Waals surface area contributed by atoms with Gasteiger partial charge in [0.2, 0.25) is 0 Å². The molecular formula is C17H26N4O2. The van der Waals surface area contributed by atoms with Crippen LogP contribution in [0, 0.1) is 0 Å². The highest BCUT2D eigenvalue weighted by molar-refractivity contribution is 5.74. The molecule has 23 heavy (non-hydrogen) atoms. The third kappa shape index (κ3) is 3.33. The predicted octanol–water partition coefficient (Wildman–Crippen LogP) is 1.65. The van der Waals surface area contributed by atoms with Gasteiger partial charge in [-0.3, -0.25) is 9.88 Å². The van der Waals surface area contributed by atoms with Crippen LogP contribution in [0.15, 0.2) is 24.5 Å². The fourth-order valence-electron chi connectivity index (χ4n) is 3.71. The average molecular weight is 318 g/mol. The molecule has 126 valence electrons. The Kier molecular flexibility index (Phi) is 5.13. The van der Waals surface area contributed by atoms with Crippen LogP contribution in [-0.2, 0) is 4.74 Å². The van der Waals surface area contributed by atoms with Gasteiger partial charge < -0.3 is 15.0 Å². The van der Waals surface area contributed by atoms with Crippen LogP contribution >= 0.6 is 0 Å². The minimum absolute atomic E-state index is 0.0648. The van der Waals surface area contributed by atoms with Gasteiger partial charge in [-0.25, -0.2) is 4.79 Å². The first-order chi connectivity index (χ1) is 11.2. The van der Waals surface area contributed by atoms with E-state index < -0.39 is 0 Å². The number of methoxy groups -OCH3 is 1. The highest BCUT2D eigenvalue weighted by Crippen LogP contribution is 2.39. The fraction of sp³-hybridized carbons (Fsp3) is 0.647. The summed E-state index contributed by atoms with van der Waals surface area (Å²) in [5.74, 6) is 0. The number of aromatic nitrogens is 1. The molecule has 0 aromatic carbocycles.